The van der Waals surface area contributed by atoms with Crippen LogP contribution in [-0.4, -0.2) is 16.2 Å². The number of fused-ring (bicyclic) bond motifs is 3. The predicted octanol–water partition coefficient (Wildman–Crippen LogP) is 4.67. The zero-order valence-electron chi connectivity index (χ0n) is 15.4. The van der Waals surface area contributed by atoms with Crippen molar-refractivity contribution in [1.29, 1.82) is 0 Å². The summed E-state index contributed by atoms with van der Waals surface area (Å²) in [4.78, 5) is 15.2. The second-order valence-electron chi connectivity index (χ2n) is 7.70. The molecule has 0 atom stereocenters. The van der Waals surface area contributed by atoms with E-state index in [9.17, 15) is 9.18 Å². The highest BCUT2D eigenvalue weighted by Crippen LogP contribution is 2.58. The number of nitrogens with zero attached hydrogens (tertiary/aromatic N) is 1. The molecule has 0 radical (unpaired) electrons. The molecule has 4 aromatic rings. The number of hydrogen-bond donors (Lipinski definition) is 1. The monoisotopic (exact) mass is 388 g/mol. The van der Waals surface area contributed by atoms with Gasteiger partial charge in [0.05, 0.1) is 23.3 Å². The van der Waals surface area contributed by atoms with Crippen molar-refractivity contribution in [3.05, 3.63) is 82.5 Å². The van der Waals surface area contributed by atoms with Crippen molar-refractivity contribution >= 4 is 11.0 Å². The molecule has 2 heterocycles. The van der Waals surface area contributed by atoms with Gasteiger partial charge in [-0.1, -0.05) is 18.2 Å². The smallest absolute Gasteiger partial charge is 0.331 e. The maximum Gasteiger partial charge on any atom is 0.331 e. The standard InChI is InChI=1S/C23H17FN2O3/c24-15-12-14(26-17-5-2-1-4-16(17)25-22(26)27)8-9-18(15)29-20-7-3-6-19-21(20)23(10-11-23)13-28-19/h1-9,12H,10-11,13H2,(H,25,27). The maximum atomic E-state index is 14.9. The summed E-state index contributed by atoms with van der Waals surface area (Å²) in [6.45, 7) is 0.660. The molecule has 2 aliphatic rings. The van der Waals surface area contributed by atoms with Crippen molar-refractivity contribution in [2.75, 3.05) is 6.61 Å². The Morgan fingerprint density at radius 3 is 2.72 bits per heavy atom. The molecule has 1 aliphatic heterocycles. The molecule has 0 unspecified atom stereocenters. The molecule has 144 valence electrons. The zero-order valence-corrected chi connectivity index (χ0v) is 15.4. The zero-order chi connectivity index (χ0) is 19.6. The summed E-state index contributed by atoms with van der Waals surface area (Å²) in [5.74, 6) is 1.05. The van der Waals surface area contributed by atoms with E-state index in [2.05, 4.69) is 4.98 Å². The third-order valence-corrected chi connectivity index (χ3v) is 5.86. The molecule has 6 rings (SSSR count). The maximum absolute atomic E-state index is 14.9. The molecule has 1 aliphatic carbocycles. The third kappa shape index (κ3) is 2.42. The molecule has 0 saturated heterocycles. The van der Waals surface area contributed by atoms with Gasteiger partial charge >= 0.3 is 5.69 Å². The second kappa shape index (κ2) is 5.73. The van der Waals surface area contributed by atoms with E-state index in [1.165, 1.54) is 10.6 Å². The van der Waals surface area contributed by atoms with Gasteiger partial charge in [-0.05, 0) is 49.2 Å². The minimum Gasteiger partial charge on any atom is -0.492 e. The van der Waals surface area contributed by atoms with Crippen LogP contribution < -0.4 is 15.2 Å². The van der Waals surface area contributed by atoms with Gasteiger partial charge in [0.2, 0.25) is 0 Å². The molecule has 1 saturated carbocycles. The highest BCUT2D eigenvalue weighted by molar-refractivity contribution is 5.77. The summed E-state index contributed by atoms with van der Waals surface area (Å²) < 4.78 is 28.2. The topological polar surface area (TPSA) is 56.2 Å². The number of rotatable bonds is 3. The van der Waals surface area contributed by atoms with Gasteiger partial charge in [-0.15, -0.1) is 0 Å². The van der Waals surface area contributed by atoms with Gasteiger partial charge in [-0.3, -0.25) is 4.57 Å². The average molecular weight is 388 g/mol. The minimum atomic E-state index is -0.527. The van der Waals surface area contributed by atoms with Gasteiger partial charge < -0.3 is 14.5 Å². The number of nitrogens with one attached hydrogen (secondary N) is 1. The van der Waals surface area contributed by atoms with Crippen LogP contribution >= 0.6 is 0 Å². The number of imidazole rings is 1. The van der Waals surface area contributed by atoms with Crippen LogP contribution in [-0.2, 0) is 5.41 Å². The second-order valence-corrected chi connectivity index (χ2v) is 7.70. The lowest BCUT2D eigenvalue weighted by molar-refractivity contribution is 0.323. The number of para-hydroxylation sites is 2. The van der Waals surface area contributed by atoms with E-state index in [1.807, 2.05) is 42.5 Å². The van der Waals surface area contributed by atoms with E-state index in [1.54, 1.807) is 12.1 Å². The summed E-state index contributed by atoms with van der Waals surface area (Å²) in [6, 6.07) is 17.5. The first-order chi connectivity index (χ1) is 14.1. The number of hydrogen-bond acceptors (Lipinski definition) is 3. The van der Waals surface area contributed by atoms with Crippen molar-refractivity contribution in [2.45, 2.75) is 18.3 Å². The van der Waals surface area contributed by atoms with Gasteiger partial charge in [-0.25, -0.2) is 9.18 Å². The molecule has 29 heavy (non-hydrogen) atoms. The fraction of sp³-hybridized carbons (Fsp3) is 0.174. The van der Waals surface area contributed by atoms with Crippen LogP contribution in [0.3, 0.4) is 0 Å². The summed E-state index contributed by atoms with van der Waals surface area (Å²) in [6.07, 6.45) is 2.12. The Morgan fingerprint density at radius 2 is 1.90 bits per heavy atom. The van der Waals surface area contributed by atoms with Crippen molar-refractivity contribution in [2.24, 2.45) is 0 Å². The Balaban J connectivity index is 1.40. The van der Waals surface area contributed by atoms with Gasteiger partial charge in [-0.2, -0.15) is 0 Å². The molecule has 6 heteroatoms. The van der Waals surface area contributed by atoms with Crippen LogP contribution in [0.2, 0.25) is 0 Å². The van der Waals surface area contributed by atoms with E-state index in [0.29, 0.717) is 29.1 Å². The highest BCUT2D eigenvalue weighted by Gasteiger charge is 2.52. The molecule has 0 amide bonds. The molecule has 5 nitrogen and oxygen atoms in total. The summed E-state index contributed by atoms with van der Waals surface area (Å²) >= 11 is 0. The van der Waals surface area contributed by atoms with E-state index >= 15 is 0 Å². The predicted molar refractivity (Wildman–Crippen MR) is 107 cm³/mol. The molecular weight excluding hydrogens is 371 g/mol. The van der Waals surface area contributed by atoms with Crippen LogP contribution in [0.15, 0.2) is 65.5 Å². The van der Waals surface area contributed by atoms with Gasteiger partial charge in [0, 0.05) is 17.0 Å². The molecule has 0 bridgehead atoms. The van der Waals surface area contributed by atoms with Crippen molar-refractivity contribution in [1.82, 2.24) is 9.55 Å². The van der Waals surface area contributed by atoms with E-state index in [-0.39, 0.29) is 16.9 Å². The van der Waals surface area contributed by atoms with Crippen molar-refractivity contribution in [3.8, 4) is 22.9 Å². The first kappa shape index (κ1) is 16.4. The normalized spacial score (nSPS) is 16.0. The van der Waals surface area contributed by atoms with Gasteiger partial charge in [0.1, 0.15) is 11.5 Å². The third-order valence-electron chi connectivity index (χ3n) is 5.86. The summed E-state index contributed by atoms with van der Waals surface area (Å²) in [7, 11) is 0. The van der Waals surface area contributed by atoms with E-state index in [4.69, 9.17) is 9.47 Å². The van der Waals surface area contributed by atoms with Gasteiger partial charge in [0.25, 0.3) is 0 Å². The number of aromatic nitrogens is 2. The molecule has 1 aromatic heterocycles. The van der Waals surface area contributed by atoms with Crippen LogP contribution in [0.5, 0.6) is 17.2 Å². The number of aromatic amines is 1. The average Bonchev–Trinajstić information content (AvgIpc) is 3.29. The number of ether oxygens (including phenoxy) is 2. The Kier molecular flexibility index (Phi) is 3.25. The number of benzene rings is 3. The van der Waals surface area contributed by atoms with E-state index < -0.39 is 5.82 Å². The first-order valence-corrected chi connectivity index (χ1v) is 9.59. The molecule has 3 aromatic carbocycles. The van der Waals surface area contributed by atoms with Crippen molar-refractivity contribution in [3.63, 3.8) is 0 Å². The van der Waals surface area contributed by atoms with Gasteiger partial charge in [0.15, 0.2) is 11.6 Å². The fourth-order valence-corrected chi connectivity index (χ4v) is 4.21. The lowest BCUT2D eigenvalue weighted by atomic mass is 9.97. The SMILES string of the molecule is O=c1[nH]c2ccccc2n1-c1ccc(Oc2cccc3c2C2(CC2)CO3)c(F)c1. The molecular formula is C23H17FN2O3. The summed E-state index contributed by atoms with van der Waals surface area (Å²) in [5.41, 5.74) is 2.59. The first-order valence-electron chi connectivity index (χ1n) is 9.59. The lowest BCUT2D eigenvalue weighted by Gasteiger charge is -2.14. The minimum absolute atomic E-state index is 0.0275. The Morgan fingerprint density at radius 1 is 1.03 bits per heavy atom. The highest BCUT2D eigenvalue weighted by atomic mass is 19.1. The quantitative estimate of drug-likeness (QED) is 0.555. The molecule has 1 N–H and O–H groups in total. The van der Waals surface area contributed by atoms with Crippen LogP contribution in [0.1, 0.15) is 18.4 Å². The Labute approximate surface area is 165 Å². The molecule has 1 fully saturated rings. The number of H-pyrrole nitrogens is 1. The summed E-state index contributed by atoms with van der Waals surface area (Å²) in [5, 5.41) is 0. The van der Waals surface area contributed by atoms with Crippen LogP contribution in [0.4, 0.5) is 4.39 Å². The van der Waals surface area contributed by atoms with Crippen molar-refractivity contribution < 1.29 is 13.9 Å². The van der Waals surface area contributed by atoms with Crippen LogP contribution in [0.25, 0.3) is 16.7 Å². The Hall–Kier alpha value is -3.54. The van der Waals surface area contributed by atoms with E-state index in [0.717, 1.165) is 24.2 Å². The fourth-order valence-electron chi connectivity index (χ4n) is 4.21. The Bertz CT molecular complexity index is 1330. The number of halogens is 1. The van der Waals surface area contributed by atoms with Crippen LogP contribution in [0, 0.1) is 5.82 Å². The molecule has 1 spiro atoms. The lowest BCUT2D eigenvalue weighted by Crippen LogP contribution is -2.14. The largest absolute Gasteiger partial charge is 0.492 e.